The first kappa shape index (κ1) is 16.1. The van der Waals surface area contributed by atoms with E-state index in [4.69, 9.17) is 10.5 Å². The van der Waals surface area contributed by atoms with Crippen molar-refractivity contribution in [1.29, 1.82) is 0 Å². The maximum absolute atomic E-state index is 12.4. The van der Waals surface area contributed by atoms with Crippen molar-refractivity contribution < 1.29 is 13.2 Å². The van der Waals surface area contributed by atoms with E-state index in [0.717, 1.165) is 6.54 Å². The summed E-state index contributed by atoms with van der Waals surface area (Å²) >= 11 is 0. The maximum Gasteiger partial charge on any atom is 0.244 e. The number of benzene rings is 1. The SMILES string of the molecule is CCN(CCNS(=O)(=O)c1cc(N)ccc1OC)C1CC1. The van der Waals surface area contributed by atoms with Crippen LogP contribution in [0.4, 0.5) is 5.69 Å². The van der Waals surface area contributed by atoms with Gasteiger partial charge in [-0.15, -0.1) is 0 Å². The van der Waals surface area contributed by atoms with Gasteiger partial charge in [0.15, 0.2) is 0 Å². The van der Waals surface area contributed by atoms with Crippen molar-refractivity contribution in [2.24, 2.45) is 0 Å². The van der Waals surface area contributed by atoms with E-state index in [-0.39, 0.29) is 4.90 Å². The van der Waals surface area contributed by atoms with Crippen LogP contribution in [-0.4, -0.2) is 46.1 Å². The molecule has 2 rings (SSSR count). The number of likely N-dealkylation sites (N-methyl/N-ethyl adjacent to an activating group) is 1. The van der Waals surface area contributed by atoms with Gasteiger partial charge in [-0.25, -0.2) is 13.1 Å². The van der Waals surface area contributed by atoms with E-state index in [9.17, 15) is 8.42 Å². The fourth-order valence-corrected chi connectivity index (χ4v) is 3.57. The number of hydrogen-bond donors (Lipinski definition) is 2. The quantitative estimate of drug-likeness (QED) is 0.701. The largest absolute Gasteiger partial charge is 0.495 e. The van der Waals surface area contributed by atoms with Gasteiger partial charge < -0.3 is 10.5 Å². The maximum atomic E-state index is 12.4. The van der Waals surface area contributed by atoms with Crippen LogP contribution in [0.3, 0.4) is 0 Å². The summed E-state index contributed by atoms with van der Waals surface area (Å²) in [6.07, 6.45) is 2.42. The molecule has 0 atom stereocenters. The zero-order chi connectivity index (χ0) is 15.5. The molecule has 1 saturated carbocycles. The highest BCUT2D eigenvalue weighted by Gasteiger charge is 2.28. The summed E-state index contributed by atoms with van der Waals surface area (Å²) in [6, 6.07) is 5.22. The molecule has 1 aliphatic carbocycles. The molecular weight excluding hydrogens is 290 g/mol. The molecule has 1 fully saturated rings. The molecular formula is C14H23N3O3S. The van der Waals surface area contributed by atoms with Crippen LogP contribution >= 0.6 is 0 Å². The lowest BCUT2D eigenvalue weighted by atomic mass is 10.3. The van der Waals surface area contributed by atoms with Crippen LogP contribution in [0.15, 0.2) is 23.1 Å². The van der Waals surface area contributed by atoms with Crippen LogP contribution in [-0.2, 0) is 10.0 Å². The fourth-order valence-electron chi connectivity index (χ4n) is 2.34. The van der Waals surface area contributed by atoms with Gasteiger partial charge >= 0.3 is 0 Å². The normalized spacial score (nSPS) is 15.4. The number of nitrogens with zero attached hydrogens (tertiary/aromatic N) is 1. The van der Waals surface area contributed by atoms with Gasteiger partial charge in [0.05, 0.1) is 7.11 Å². The first-order valence-electron chi connectivity index (χ1n) is 7.15. The van der Waals surface area contributed by atoms with Gasteiger partial charge in [-0.2, -0.15) is 0 Å². The Morgan fingerprint density at radius 1 is 1.43 bits per heavy atom. The Kier molecular flexibility index (Phi) is 5.08. The molecule has 6 nitrogen and oxygen atoms in total. The summed E-state index contributed by atoms with van der Waals surface area (Å²) in [5.74, 6) is 0.297. The number of rotatable bonds is 8. The van der Waals surface area contributed by atoms with Crippen molar-refractivity contribution in [2.45, 2.75) is 30.7 Å². The van der Waals surface area contributed by atoms with Gasteiger partial charge in [-0.1, -0.05) is 6.92 Å². The zero-order valence-electron chi connectivity index (χ0n) is 12.5. The minimum atomic E-state index is -3.62. The Bertz CT molecular complexity index is 585. The van der Waals surface area contributed by atoms with Crippen LogP contribution in [0.5, 0.6) is 5.75 Å². The smallest absolute Gasteiger partial charge is 0.244 e. The van der Waals surface area contributed by atoms with Crippen LogP contribution in [0, 0.1) is 0 Å². The molecule has 0 aliphatic heterocycles. The lowest BCUT2D eigenvalue weighted by molar-refractivity contribution is 0.282. The molecule has 0 bridgehead atoms. The van der Waals surface area contributed by atoms with Crippen LogP contribution in [0.2, 0.25) is 0 Å². The predicted octanol–water partition coefficient (Wildman–Crippen LogP) is 1.04. The highest BCUT2D eigenvalue weighted by atomic mass is 32.2. The Hall–Kier alpha value is -1.31. The molecule has 0 unspecified atom stereocenters. The van der Waals surface area contributed by atoms with Crippen molar-refractivity contribution in [3.05, 3.63) is 18.2 Å². The summed E-state index contributed by atoms with van der Waals surface area (Å²) in [5, 5.41) is 0. The molecule has 0 radical (unpaired) electrons. The van der Waals surface area contributed by atoms with Crippen molar-refractivity contribution in [2.75, 3.05) is 32.5 Å². The number of sulfonamides is 1. The lowest BCUT2D eigenvalue weighted by Crippen LogP contribution is -2.36. The van der Waals surface area contributed by atoms with E-state index in [1.165, 1.54) is 26.0 Å². The number of nitrogens with two attached hydrogens (primary N) is 1. The molecule has 1 aromatic carbocycles. The molecule has 7 heteroatoms. The zero-order valence-corrected chi connectivity index (χ0v) is 13.3. The summed E-state index contributed by atoms with van der Waals surface area (Å²) < 4.78 is 32.4. The second-order valence-corrected chi connectivity index (χ2v) is 6.90. The van der Waals surface area contributed by atoms with Gasteiger partial charge in [0.25, 0.3) is 0 Å². The molecule has 3 N–H and O–H groups in total. The number of methoxy groups -OCH3 is 1. The summed E-state index contributed by atoms with van der Waals surface area (Å²) in [4.78, 5) is 2.37. The second-order valence-electron chi connectivity index (χ2n) is 5.17. The van der Waals surface area contributed by atoms with Gasteiger partial charge in [-0.05, 0) is 37.6 Å². The molecule has 118 valence electrons. The number of nitrogen functional groups attached to an aromatic ring is 1. The van der Waals surface area contributed by atoms with Crippen LogP contribution in [0.1, 0.15) is 19.8 Å². The molecule has 0 heterocycles. The van der Waals surface area contributed by atoms with E-state index < -0.39 is 10.0 Å². The van der Waals surface area contributed by atoms with E-state index in [2.05, 4.69) is 16.5 Å². The molecule has 0 aromatic heterocycles. The van der Waals surface area contributed by atoms with E-state index >= 15 is 0 Å². The van der Waals surface area contributed by atoms with Crippen LogP contribution in [0.25, 0.3) is 0 Å². The number of ether oxygens (including phenoxy) is 1. The first-order chi connectivity index (χ1) is 9.97. The second kappa shape index (κ2) is 6.64. The van der Waals surface area contributed by atoms with Crippen molar-refractivity contribution in [3.63, 3.8) is 0 Å². The lowest BCUT2D eigenvalue weighted by Gasteiger charge is -2.20. The van der Waals surface area contributed by atoms with Crippen molar-refractivity contribution >= 4 is 15.7 Å². The van der Waals surface area contributed by atoms with E-state index in [1.807, 2.05) is 0 Å². The molecule has 21 heavy (non-hydrogen) atoms. The Morgan fingerprint density at radius 3 is 2.71 bits per heavy atom. The van der Waals surface area contributed by atoms with E-state index in [0.29, 0.717) is 30.6 Å². The number of hydrogen-bond acceptors (Lipinski definition) is 5. The van der Waals surface area contributed by atoms with Gasteiger partial charge in [-0.3, -0.25) is 4.90 Å². The minimum absolute atomic E-state index is 0.0828. The number of anilines is 1. The highest BCUT2D eigenvalue weighted by Crippen LogP contribution is 2.27. The summed E-state index contributed by atoms with van der Waals surface area (Å²) in [6.45, 7) is 4.12. The van der Waals surface area contributed by atoms with Crippen LogP contribution < -0.4 is 15.2 Å². The molecule has 0 spiro atoms. The third-order valence-electron chi connectivity index (χ3n) is 3.64. The third-order valence-corrected chi connectivity index (χ3v) is 5.12. The Morgan fingerprint density at radius 2 is 2.14 bits per heavy atom. The highest BCUT2D eigenvalue weighted by molar-refractivity contribution is 7.89. The Balaban J connectivity index is 2.02. The average molecular weight is 313 g/mol. The molecule has 1 aliphatic rings. The standard InChI is InChI=1S/C14H23N3O3S/c1-3-17(12-5-6-12)9-8-16-21(18,19)14-10-11(15)4-7-13(14)20-2/h4,7,10,12,16H,3,5-6,8-9,15H2,1-2H3. The molecule has 0 amide bonds. The number of nitrogens with one attached hydrogen (secondary N) is 1. The minimum Gasteiger partial charge on any atom is -0.495 e. The van der Waals surface area contributed by atoms with Crippen molar-refractivity contribution in [1.82, 2.24) is 9.62 Å². The molecule has 1 aromatic rings. The fraction of sp³-hybridized carbons (Fsp3) is 0.571. The first-order valence-corrected chi connectivity index (χ1v) is 8.63. The van der Waals surface area contributed by atoms with Gasteiger partial charge in [0.1, 0.15) is 10.6 Å². The van der Waals surface area contributed by atoms with Gasteiger partial charge in [0, 0.05) is 24.8 Å². The monoisotopic (exact) mass is 313 g/mol. The topological polar surface area (TPSA) is 84.7 Å². The average Bonchev–Trinajstić information content (AvgIpc) is 3.28. The summed E-state index contributed by atoms with van der Waals surface area (Å²) in [5.41, 5.74) is 6.06. The Labute approximate surface area is 126 Å². The molecule has 0 saturated heterocycles. The predicted molar refractivity (Wildman–Crippen MR) is 82.9 cm³/mol. The summed E-state index contributed by atoms with van der Waals surface area (Å²) in [7, 11) is -2.18. The van der Waals surface area contributed by atoms with Crippen molar-refractivity contribution in [3.8, 4) is 5.75 Å². The third kappa shape index (κ3) is 4.09. The van der Waals surface area contributed by atoms with E-state index in [1.54, 1.807) is 12.1 Å². The van der Waals surface area contributed by atoms with Gasteiger partial charge in [0.2, 0.25) is 10.0 Å².